The molecule has 0 saturated carbocycles. The van der Waals surface area contributed by atoms with Crippen LogP contribution in [0, 0.1) is 5.82 Å². The minimum absolute atomic E-state index is 0.0104. The number of hydrazone groups is 1. The first-order valence-electron chi connectivity index (χ1n) is 8.07. The molecule has 2 aromatic carbocycles. The maximum Gasteiger partial charge on any atom is 0.179 e. The normalized spacial score (nSPS) is 21.6. The van der Waals surface area contributed by atoms with Gasteiger partial charge in [0.15, 0.2) is 5.78 Å². The van der Waals surface area contributed by atoms with Crippen LogP contribution in [0.15, 0.2) is 53.6 Å². The number of fused-ring (bicyclic) bond motifs is 3. The molecule has 0 aromatic heterocycles. The molecule has 2 atom stereocenters. The van der Waals surface area contributed by atoms with E-state index in [0.717, 1.165) is 5.56 Å². The standard InChI is InChI=1S/C19H17FN2O2/c1-2-16(23)19-18(12-6-4-3-5-7-12)15-11-24-17-9-8-13(20)10-14(17)22(15)21-19/h3-10,15,18H,2,11H2,1H3/t15-,18+/m0/s1. The van der Waals surface area contributed by atoms with Gasteiger partial charge in [-0.05, 0) is 17.7 Å². The van der Waals surface area contributed by atoms with Crippen molar-refractivity contribution < 1.29 is 13.9 Å². The van der Waals surface area contributed by atoms with E-state index in [4.69, 9.17) is 4.74 Å². The van der Waals surface area contributed by atoms with Crippen molar-refractivity contribution in [1.29, 1.82) is 0 Å². The Hall–Kier alpha value is -2.69. The van der Waals surface area contributed by atoms with Crippen LogP contribution in [-0.2, 0) is 4.79 Å². The smallest absolute Gasteiger partial charge is 0.179 e. The third-order valence-electron chi connectivity index (χ3n) is 4.55. The van der Waals surface area contributed by atoms with E-state index in [1.54, 1.807) is 11.1 Å². The number of carbonyl (C=O) groups is 1. The average Bonchev–Trinajstić information content (AvgIpc) is 3.01. The van der Waals surface area contributed by atoms with Gasteiger partial charge in [-0.15, -0.1) is 0 Å². The summed E-state index contributed by atoms with van der Waals surface area (Å²) in [6.07, 6.45) is 0.388. The van der Waals surface area contributed by atoms with Gasteiger partial charge in [-0.1, -0.05) is 37.3 Å². The summed E-state index contributed by atoms with van der Waals surface area (Å²) >= 11 is 0. The second kappa shape index (κ2) is 5.74. The van der Waals surface area contributed by atoms with Crippen LogP contribution in [0.25, 0.3) is 0 Å². The minimum Gasteiger partial charge on any atom is -0.489 e. The molecule has 0 N–H and O–H groups in total. The number of anilines is 1. The lowest BCUT2D eigenvalue weighted by Gasteiger charge is -2.33. The van der Waals surface area contributed by atoms with Gasteiger partial charge in [0.1, 0.15) is 29.6 Å². The van der Waals surface area contributed by atoms with Gasteiger partial charge < -0.3 is 4.74 Å². The third-order valence-corrected chi connectivity index (χ3v) is 4.55. The summed E-state index contributed by atoms with van der Waals surface area (Å²) in [7, 11) is 0. The van der Waals surface area contributed by atoms with Crippen molar-refractivity contribution in [3.63, 3.8) is 0 Å². The van der Waals surface area contributed by atoms with Gasteiger partial charge in [-0.3, -0.25) is 9.80 Å². The number of ketones is 1. The van der Waals surface area contributed by atoms with Crippen LogP contribution in [0.1, 0.15) is 24.8 Å². The molecule has 2 aliphatic heterocycles. The average molecular weight is 324 g/mol. The van der Waals surface area contributed by atoms with Crippen molar-refractivity contribution in [2.24, 2.45) is 5.10 Å². The van der Waals surface area contributed by atoms with Crippen LogP contribution in [0.2, 0.25) is 0 Å². The Morgan fingerprint density at radius 2 is 2.08 bits per heavy atom. The van der Waals surface area contributed by atoms with Crippen LogP contribution in [0.4, 0.5) is 10.1 Å². The summed E-state index contributed by atoms with van der Waals surface area (Å²) < 4.78 is 19.5. The number of ether oxygens (including phenoxy) is 1. The lowest BCUT2D eigenvalue weighted by atomic mass is 9.85. The molecule has 4 rings (SSSR count). The van der Waals surface area contributed by atoms with E-state index in [1.165, 1.54) is 12.1 Å². The second-order valence-electron chi connectivity index (χ2n) is 5.99. The number of Topliss-reactive ketones (excluding diaryl/α,β-unsaturated/α-hetero) is 1. The molecule has 4 nitrogen and oxygen atoms in total. The maximum atomic E-state index is 13.7. The van der Waals surface area contributed by atoms with Crippen molar-refractivity contribution in [3.05, 3.63) is 59.9 Å². The van der Waals surface area contributed by atoms with Crippen LogP contribution < -0.4 is 9.75 Å². The van der Waals surface area contributed by atoms with Gasteiger partial charge in [0.2, 0.25) is 0 Å². The van der Waals surface area contributed by atoms with E-state index in [0.29, 0.717) is 30.2 Å². The highest BCUT2D eigenvalue weighted by Gasteiger charge is 2.44. The molecule has 0 saturated heterocycles. The molecular weight excluding hydrogens is 307 g/mol. The summed E-state index contributed by atoms with van der Waals surface area (Å²) in [6, 6.07) is 14.1. The molecule has 0 aliphatic carbocycles. The first-order chi connectivity index (χ1) is 11.7. The molecule has 122 valence electrons. The van der Waals surface area contributed by atoms with E-state index < -0.39 is 0 Å². The highest BCUT2D eigenvalue weighted by Crippen LogP contribution is 2.43. The Balaban J connectivity index is 1.82. The quantitative estimate of drug-likeness (QED) is 0.867. The Kier molecular flexibility index (Phi) is 3.56. The molecule has 0 radical (unpaired) electrons. The third kappa shape index (κ3) is 2.28. The summed E-state index contributed by atoms with van der Waals surface area (Å²) in [4.78, 5) is 12.4. The van der Waals surface area contributed by atoms with Crippen LogP contribution in [0.3, 0.4) is 0 Å². The Labute approximate surface area is 139 Å². The van der Waals surface area contributed by atoms with Crippen LogP contribution in [-0.4, -0.2) is 24.1 Å². The second-order valence-corrected chi connectivity index (χ2v) is 5.99. The van der Waals surface area contributed by atoms with Gasteiger partial charge in [0, 0.05) is 12.5 Å². The number of benzene rings is 2. The number of hydrogen-bond acceptors (Lipinski definition) is 4. The zero-order chi connectivity index (χ0) is 16.7. The number of hydrogen-bond donors (Lipinski definition) is 0. The van der Waals surface area contributed by atoms with Crippen molar-refractivity contribution >= 4 is 17.2 Å². The molecule has 0 spiro atoms. The lowest BCUT2D eigenvalue weighted by molar-refractivity contribution is -0.112. The lowest BCUT2D eigenvalue weighted by Crippen LogP contribution is -2.41. The van der Waals surface area contributed by atoms with E-state index in [2.05, 4.69) is 5.10 Å². The Bertz CT molecular complexity index is 819. The number of nitrogens with zero attached hydrogens (tertiary/aromatic N) is 2. The molecule has 5 heteroatoms. The van der Waals surface area contributed by atoms with E-state index in [9.17, 15) is 9.18 Å². The van der Waals surface area contributed by atoms with Gasteiger partial charge >= 0.3 is 0 Å². The Morgan fingerprint density at radius 1 is 1.29 bits per heavy atom. The highest BCUT2D eigenvalue weighted by molar-refractivity contribution is 6.42. The molecule has 2 heterocycles. The number of halogens is 1. The first-order valence-corrected chi connectivity index (χ1v) is 8.07. The fourth-order valence-electron chi connectivity index (χ4n) is 3.39. The Morgan fingerprint density at radius 3 is 2.83 bits per heavy atom. The van der Waals surface area contributed by atoms with Gasteiger partial charge in [0.25, 0.3) is 0 Å². The number of rotatable bonds is 3. The van der Waals surface area contributed by atoms with E-state index >= 15 is 0 Å². The van der Waals surface area contributed by atoms with Crippen molar-refractivity contribution in [1.82, 2.24) is 0 Å². The van der Waals surface area contributed by atoms with Crippen LogP contribution >= 0.6 is 0 Å². The number of carbonyl (C=O) groups excluding carboxylic acids is 1. The van der Waals surface area contributed by atoms with Crippen LogP contribution in [0.5, 0.6) is 5.75 Å². The molecule has 0 fully saturated rings. The summed E-state index contributed by atoms with van der Waals surface area (Å²) in [5, 5.41) is 6.33. The summed E-state index contributed by atoms with van der Waals surface area (Å²) in [5.74, 6) is 0.0828. The SMILES string of the molecule is CCC(=O)C1=NN2c3cc(F)ccc3OC[C@H]2[C@H]1c1ccccc1. The fourth-order valence-corrected chi connectivity index (χ4v) is 3.39. The topological polar surface area (TPSA) is 41.9 Å². The zero-order valence-electron chi connectivity index (χ0n) is 13.3. The molecule has 0 bridgehead atoms. The van der Waals surface area contributed by atoms with E-state index in [-0.39, 0.29) is 23.6 Å². The minimum atomic E-state index is -0.347. The van der Waals surface area contributed by atoms with Gasteiger partial charge in [0.05, 0.1) is 12.0 Å². The van der Waals surface area contributed by atoms with Gasteiger partial charge in [-0.25, -0.2) is 4.39 Å². The first kappa shape index (κ1) is 14.9. The van der Waals surface area contributed by atoms with Crippen molar-refractivity contribution in [3.8, 4) is 5.75 Å². The van der Waals surface area contributed by atoms with Gasteiger partial charge in [-0.2, -0.15) is 5.10 Å². The summed E-state index contributed by atoms with van der Waals surface area (Å²) in [6.45, 7) is 2.23. The van der Waals surface area contributed by atoms with E-state index in [1.807, 2.05) is 37.3 Å². The highest BCUT2D eigenvalue weighted by atomic mass is 19.1. The summed E-state index contributed by atoms with van der Waals surface area (Å²) in [5.41, 5.74) is 2.12. The molecule has 0 amide bonds. The molecule has 24 heavy (non-hydrogen) atoms. The predicted molar refractivity (Wildman–Crippen MR) is 90.1 cm³/mol. The maximum absolute atomic E-state index is 13.7. The monoisotopic (exact) mass is 324 g/mol. The largest absolute Gasteiger partial charge is 0.489 e. The van der Waals surface area contributed by atoms with Crippen molar-refractivity contribution in [2.45, 2.75) is 25.3 Å². The predicted octanol–water partition coefficient (Wildman–Crippen LogP) is 3.53. The molecule has 2 aromatic rings. The zero-order valence-corrected chi connectivity index (χ0v) is 13.3. The molecule has 0 unspecified atom stereocenters. The fraction of sp³-hybridized carbons (Fsp3) is 0.263. The van der Waals surface area contributed by atoms with Crippen molar-refractivity contribution in [2.75, 3.05) is 11.6 Å². The molecule has 2 aliphatic rings. The molecular formula is C19H17FN2O2.